The highest BCUT2D eigenvalue weighted by Gasteiger charge is 2.12. The number of pyridine rings is 1. The molecule has 0 radical (unpaired) electrons. The van der Waals surface area contributed by atoms with Crippen molar-refractivity contribution in [3.63, 3.8) is 0 Å². The van der Waals surface area contributed by atoms with Crippen LogP contribution in [0.5, 0.6) is 17.2 Å². The lowest BCUT2D eigenvalue weighted by Crippen LogP contribution is -2.04. The molecule has 0 unspecified atom stereocenters. The second-order valence-corrected chi connectivity index (χ2v) is 3.24. The second-order valence-electron chi connectivity index (χ2n) is 3.24. The average Bonchev–Trinajstić information content (AvgIpc) is 2.27. The topological polar surface area (TPSA) is 71.5 Å². The van der Waals surface area contributed by atoms with Crippen LogP contribution in [0.25, 0.3) is 10.9 Å². The Kier molecular flexibility index (Phi) is 2.44. The molecule has 5 heteroatoms. The molecule has 1 aromatic carbocycles. The third-order valence-electron chi connectivity index (χ3n) is 2.34. The first kappa shape index (κ1) is 10.4. The minimum atomic E-state index is -0.392. The van der Waals surface area contributed by atoms with Gasteiger partial charge in [-0.1, -0.05) is 0 Å². The van der Waals surface area contributed by atoms with Gasteiger partial charge in [-0.05, 0) is 12.1 Å². The molecule has 84 valence electrons. The van der Waals surface area contributed by atoms with Gasteiger partial charge in [0, 0.05) is 6.07 Å². The molecule has 2 N–H and O–H groups in total. The molecular weight excluding hydrogens is 210 g/mol. The first-order valence-corrected chi connectivity index (χ1v) is 4.64. The molecule has 0 amide bonds. The molecular formula is C11H11NO4. The van der Waals surface area contributed by atoms with Gasteiger partial charge in [-0.15, -0.1) is 0 Å². The monoisotopic (exact) mass is 221 g/mol. The zero-order chi connectivity index (χ0) is 11.7. The van der Waals surface area contributed by atoms with Crippen LogP contribution in [0.3, 0.4) is 0 Å². The largest absolute Gasteiger partial charge is 0.507 e. The molecule has 16 heavy (non-hydrogen) atoms. The van der Waals surface area contributed by atoms with E-state index in [0.29, 0.717) is 22.4 Å². The number of fused-ring (bicyclic) bond motifs is 1. The van der Waals surface area contributed by atoms with E-state index >= 15 is 0 Å². The predicted molar refractivity (Wildman–Crippen MR) is 59.3 cm³/mol. The summed E-state index contributed by atoms with van der Waals surface area (Å²) in [4.78, 5) is 13.9. The lowest BCUT2D eigenvalue weighted by molar-refractivity contribution is 0.406. The first-order chi connectivity index (χ1) is 7.67. The van der Waals surface area contributed by atoms with Crippen LogP contribution in [0, 0.1) is 0 Å². The Morgan fingerprint density at radius 2 is 1.81 bits per heavy atom. The van der Waals surface area contributed by atoms with E-state index in [-0.39, 0.29) is 5.75 Å². The quantitative estimate of drug-likeness (QED) is 0.800. The lowest BCUT2D eigenvalue weighted by Gasteiger charge is -2.10. The summed E-state index contributed by atoms with van der Waals surface area (Å²) in [5.41, 5.74) is 0.0309. The fourth-order valence-corrected chi connectivity index (χ4v) is 1.64. The Labute approximate surface area is 91.2 Å². The molecule has 5 nitrogen and oxygen atoms in total. The second kappa shape index (κ2) is 3.77. The number of H-pyrrole nitrogens is 1. The summed E-state index contributed by atoms with van der Waals surface area (Å²) >= 11 is 0. The van der Waals surface area contributed by atoms with Crippen LogP contribution in [0.2, 0.25) is 0 Å². The maximum absolute atomic E-state index is 11.3. The van der Waals surface area contributed by atoms with E-state index in [1.165, 1.54) is 14.2 Å². The SMILES string of the molecule is COc1ccc(OC)c2c(O)cc(=O)[nH]c12. The van der Waals surface area contributed by atoms with Gasteiger partial charge in [0.05, 0.1) is 25.1 Å². The highest BCUT2D eigenvalue weighted by Crippen LogP contribution is 2.35. The molecule has 2 rings (SSSR count). The number of aromatic hydroxyl groups is 1. The molecule has 0 bridgehead atoms. The molecule has 1 heterocycles. The van der Waals surface area contributed by atoms with Crippen LogP contribution in [-0.2, 0) is 0 Å². The third kappa shape index (κ3) is 1.46. The van der Waals surface area contributed by atoms with Crippen molar-refractivity contribution in [2.45, 2.75) is 0 Å². The molecule has 0 saturated heterocycles. The molecule has 0 spiro atoms. The normalized spacial score (nSPS) is 10.4. The van der Waals surface area contributed by atoms with E-state index in [0.717, 1.165) is 6.07 Å². The molecule has 0 saturated carbocycles. The number of aromatic amines is 1. The minimum absolute atomic E-state index is 0.130. The molecule has 0 atom stereocenters. The number of rotatable bonds is 2. The van der Waals surface area contributed by atoms with Crippen molar-refractivity contribution >= 4 is 10.9 Å². The van der Waals surface area contributed by atoms with Gasteiger partial charge in [0.25, 0.3) is 5.56 Å². The number of hydrogen-bond donors (Lipinski definition) is 2. The van der Waals surface area contributed by atoms with Crippen molar-refractivity contribution in [1.29, 1.82) is 0 Å². The molecule has 1 aromatic heterocycles. The Hall–Kier alpha value is -2.17. The highest BCUT2D eigenvalue weighted by molar-refractivity contribution is 5.94. The number of ether oxygens (including phenoxy) is 2. The number of hydrogen-bond acceptors (Lipinski definition) is 4. The van der Waals surface area contributed by atoms with E-state index in [1.54, 1.807) is 12.1 Å². The Balaban J connectivity index is 2.95. The summed E-state index contributed by atoms with van der Waals surface area (Å²) in [6, 6.07) is 4.43. The Bertz CT molecular complexity index is 588. The zero-order valence-corrected chi connectivity index (χ0v) is 8.90. The van der Waals surface area contributed by atoms with E-state index in [4.69, 9.17) is 9.47 Å². The van der Waals surface area contributed by atoms with Crippen molar-refractivity contribution in [2.24, 2.45) is 0 Å². The van der Waals surface area contributed by atoms with Crippen molar-refractivity contribution in [1.82, 2.24) is 4.98 Å². The molecule has 2 aromatic rings. The van der Waals surface area contributed by atoms with Crippen LogP contribution in [0.15, 0.2) is 23.0 Å². The van der Waals surface area contributed by atoms with Gasteiger partial charge < -0.3 is 19.6 Å². The van der Waals surface area contributed by atoms with Crippen LogP contribution in [0.1, 0.15) is 0 Å². The van der Waals surface area contributed by atoms with Gasteiger partial charge in [-0.3, -0.25) is 4.79 Å². The lowest BCUT2D eigenvalue weighted by atomic mass is 10.1. The molecule has 0 aliphatic rings. The van der Waals surface area contributed by atoms with Crippen molar-refractivity contribution < 1.29 is 14.6 Å². The highest BCUT2D eigenvalue weighted by atomic mass is 16.5. The van der Waals surface area contributed by atoms with Gasteiger partial charge in [0.1, 0.15) is 17.2 Å². The van der Waals surface area contributed by atoms with Crippen LogP contribution < -0.4 is 15.0 Å². The molecule has 0 fully saturated rings. The number of aromatic nitrogens is 1. The van der Waals surface area contributed by atoms with Crippen molar-refractivity contribution in [3.8, 4) is 17.2 Å². The summed E-state index contributed by atoms with van der Waals surface area (Å²) in [5.74, 6) is 0.822. The van der Waals surface area contributed by atoms with Crippen molar-refractivity contribution in [3.05, 3.63) is 28.6 Å². The summed E-state index contributed by atoms with van der Waals surface area (Å²) in [5, 5.41) is 10.2. The Morgan fingerprint density at radius 1 is 1.19 bits per heavy atom. The van der Waals surface area contributed by atoms with Crippen LogP contribution in [0.4, 0.5) is 0 Å². The third-order valence-corrected chi connectivity index (χ3v) is 2.34. The van der Waals surface area contributed by atoms with Crippen LogP contribution >= 0.6 is 0 Å². The van der Waals surface area contributed by atoms with E-state index in [2.05, 4.69) is 4.98 Å². The van der Waals surface area contributed by atoms with Gasteiger partial charge in [-0.2, -0.15) is 0 Å². The van der Waals surface area contributed by atoms with Crippen molar-refractivity contribution in [2.75, 3.05) is 14.2 Å². The molecule has 0 aliphatic carbocycles. The van der Waals surface area contributed by atoms with E-state index in [1.807, 2.05) is 0 Å². The first-order valence-electron chi connectivity index (χ1n) is 4.64. The Morgan fingerprint density at radius 3 is 2.44 bits per heavy atom. The number of methoxy groups -OCH3 is 2. The van der Waals surface area contributed by atoms with Gasteiger partial charge >= 0.3 is 0 Å². The van der Waals surface area contributed by atoms with Gasteiger partial charge in [-0.25, -0.2) is 0 Å². The maximum atomic E-state index is 11.3. The molecule has 0 aliphatic heterocycles. The summed E-state index contributed by atoms with van der Waals surface area (Å²) in [7, 11) is 2.98. The minimum Gasteiger partial charge on any atom is -0.507 e. The summed E-state index contributed by atoms with van der Waals surface area (Å²) in [6.45, 7) is 0. The summed E-state index contributed by atoms with van der Waals surface area (Å²) < 4.78 is 10.2. The predicted octanol–water partition coefficient (Wildman–Crippen LogP) is 1.25. The van der Waals surface area contributed by atoms with E-state index < -0.39 is 5.56 Å². The van der Waals surface area contributed by atoms with Gasteiger partial charge in [0.15, 0.2) is 0 Å². The fourth-order valence-electron chi connectivity index (χ4n) is 1.64. The number of benzene rings is 1. The van der Waals surface area contributed by atoms with Gasteiger partial charge in [0.2, 0.25) is 0 Å². The zero-order valence-electron chi connectivity index (χ0n) is 8.90. The smallest absolute Gasteiger partial charge is 0.252 e. The fraction of sp³-hybridized carbons (Fsp3) is 0.182. The van der Waals surface area contributed by atoms with E-state index in [9.17, 15) is 9.90 Å². The van der Waals surface area contributed by atoms with Crippen LogP contribution in [-0.4, -0.2) is 24.3 Å². The number of nitrogens with one attached hydrogen (secondary N) is 1. The maximum Gasteiger partial charge on any atom is 0.252 e. The standard InChI is InChI=1S/C11H11NO4/c1-15-7-3-4-8(16-2)11-10(7)6(13)5-9(14)12-11/h3-5H,1-2H3,(H2,12,13,14). The summed E-state index contributed by atoms with van der Waals surface area (Å²) in [6.07, 6.45) is 0. The average molecular weight is 221 g/mol.